The third-order valence-electron chi connectivity index (χ3n) is 3.08. The van der Waals surface area contributed by atoms with Crippen LogP contribution in [-0.4, -0.2) is 49.7 Å². The minimum atomic E-state index is -3.10. The first-order chi connectivity index (χ1) is 8.43. The average molecular weight is 293 g/mol. The second-order valence-corrected chi connectivity index (χ2v) is 7.20. The number of rotatable bonds is 7. The van der Waals surface area contributed by atoms with Gasteiger partial charge in [0.1, 0.15) is 0 Å². The third kappa shape index (κ3) is 6.08. The highest BCUT2D eigenvalue weighted by atomic mass is 32.2. The van der Waals surface area contributed by atoms with E-state index in [2.05, 4.69) is 9.62 Å². The van der Waals surface area contributed by atoms with E-state index in [0.29, 0.717) is 11.5 Å². The molecule has 1 aliphatic heterocycles. The minimum absolute atomic E-state index is 0.0643. The molecule has 1 heterocycles. The van der Waals surface area contributed by atoms with Crippen molar-refractivity contribution < 1.29 is 8.42 Å². The Balaban J connectivity index is 2.33. The van der Waals surface area contributed by atoms with Crippen LogP contribution in [-0.2, 0) is 10.0 Å². The lowest BCUT2D eigenvalue weighted by Crippen LogP contribution is -2.46. The van der Waals surface area contributed by atoms with Crippen molar-refractivity contribution in [2.45, 2.75) is 38.6 Å². The van der Waals surface area contributed by atoms with Crippen molar-refractivity contribution in [2.75, 3.05) is 25.4 Å². The molecule has 18 heavy (non-hydrogen) atoms. The smallest absolute Gasteiger partial charge is 0.211 e. The highest BCUT2D eigenvalue weighted by Gasteiger charge is 2.23. The van der Waals surface area contributed by atoms with Gasteiger partial charge in [0.2, 0.25) is 10.0 Å². The monoisotopic (exact) mass is 293 g/mol. The Morgan fingerprint density at radius 3 is 2.56 bits per heavy atom. The van der Waals surface area contributed by atoms with E-state index in [9.17, 15) is 8.42 Å². The molecule has 0 unspecified atom stereocenters. The number of piperidine rings is 1. The largest absolute Gasteiger partial charge is 0.392 e. The first-order valence-electron chi connectivity index (χ1n) is 6.43. The van der Waals surface area contributed by atoms with Gasteiger partial charge in [0.25, 0.3) is 0 Å². The first kappa shape index (κ1) is 15.8. The molecule has 0 amide bonds. The van der Waals surface area contributed by atoms with Crippen molar-refractivity contribution in [3.63, 3.8) is 0 Å². The van der Waals surface area contributed by atoms with E-state index in [1.165, 1.54) is 0 Å². The van der Waals surface area contributed by atoms with Crippen molar-refractivity contribution >= 4 is 27.2 Å². The summed E-state index contributed by atoms with van der Waals surface area (Å²) in [7, 11) is -3.10. The second-order valence-electron chi connectivity index (χ2n) is 4.81. The maximum atomic E-state index is 11.8. The average Bonchev–Trinajstić information content (AvgIpc) is 2.28. The molecule has 106 valence electrons. The highest BCUT2D eigenvalue weighted by molar-refractivity contribution is 7.89. The molecule has 0 bridgehead atoms. The molecule has 1 rings (SSSR count). The van der Waals surface area contributed by atoms with Crippen molar-refractivity contribution in [3.05, 3.63) is 0 Å². The lowest BCUT2D eigenvalue weighted by molar-refractivity contribution is 0.233. The molecule has 0 atom stereocenters. The van der Waals surface area contributed by atoms with Crippen LogP contribution in [0.4, 0.5) is 0 Å². The molecule has 0 aromatic heterocycles. The Labute approximate surface area is 115 Å². The van der Waals surface area contributed by atoms with E-state index in [-0.39, 0.29) is 11.8 Å². The lowest BCUT2D eigenvalue weighted by atomic mass is 10.1. The normalized spacial score (nSPS) is 18.9. The Hall–Kier alpha value is -0.240. The van der Waals surface area contributed by atoms with Crippen molar-refractivity contribution in [1.82, 2.24) is 9.62 Å². The molecule has 0 spiro atoms. The molecule has 1 aliphatic rings. The summed E-state index contributed by atoms with van der Waals surface area (Å²) in [6.07, 6.45) is 3.27. The van der Waals surface area contributed by atoms with E-state index in [1.807, 2.05) is 6.92 Å². The van der Waals surface area contributed by atoms with Gasteiger partial charge in [-0.2, -0.15) is 0 Å². The van der Waals surface area contributed by atoms with Gasteiger partial charge in [0, 0.05) is 25.7 Å². The number of nitrogens with two attached hydrogens (primary N) is 1. The quantitative estimate of drug-likeness (QED) is 0.667. The fraction of sp³-hybridized carbons (Fsp3) is 0.909. The summed E-state index contributed by atoms with van der Waals surface area (Å²) in [5.41, 5.74) is 5.49. The van der Waals surface area contributed by atoms with Gasteiger partial charge in [-0.05, 0) is 19.3 Å². The van der Waals surface area contributed by atoms with Gasteiger partial charge in [-0.3, -0.25) is 4.90 Å². The number of nitrogens with zero attached hydrogens (tertiary/aromatic N) is 1. The van der Waals surface area contributed by atoms with Crippen LogP contribution >= 0.6 is 12.2 Å². The molecule has 0 aromatic rings. The molecule has 0 aliphatic carbocycles. The number of sulfonamides is 1. The van der Waals surface area contributed by atoms with Gasteiger partial charge in [0.15, 0.2) is 0 Å². The van der Waals surface area contributed by atoms with E-state index in [4.69, 9.17) is 18.0 Å². The summed E-state index contributed by atoms with van der Waals surface area (Å²) in [6, 6.07) is 0.0643. The van der Waals surface area contributed by atoms with Gasteiger partial charge in [0.05, 0.1) is 10.7 Å². The topological polar surface area (TPSA) is 75.4 Å². The molecular weight excluding hydrogens is 270 g/mol. The maximum Gasteiger partial charge on any atom is 0.211 e. The predicted molar refractivity (Wildman–Crippen MR) is 78.1 cm³/mol. The summed E-state index contributed by atoms with van der Waals surface area (Å²) >= 11 is 4.87. The molecule has 0 radical (unpaired) electrons. The number of hydrogen-bond donors (Lipinski definition) is 2. The summed E-state index contributed by atoms with van der Waals surface area (Å²) < 4.78 is 26.3. The summed E-state index contributed by atoms with van der Waals surface area (Å²) in [5.74, 6) is 0.233. The first-order valence-corrected chi connectivity index (χ1v) is 8.49. The standard InChI is InChI=1S/C11H23N3O2S2/c1-2-3-8-18(15,16)13-10-4-6-14(7-5-10)9-11(12)17/h10,13H,2-9H2,1H3,(H2,12,17). The van der Waals surface area contributed by atoms with E-state index in [1.54, 1.807) is 0 Å². The zero-order chi connectivity index (χ0) is 13.6. The van der Waals surface area contributed by atoms with E-state index < -0.39 is 10.0 Å². The summed E-state index contributed by atoms with van der Waals surface area (Å²) in [4.78, 5) is 2.66. The van der Waals surface area contributed by atoms with Gasteiger partial charge < -0.3 is 5.73 Å². The predicted octanol–water partition coefficient (Wildman–Crippen LogP) is 0.456. The number of likely N-dealkylation sites (tertiary alicyclic amines) is 1. The van der Waals surface area contributed by atoms with Crippen LogP contribution in [0.3, 0.4) is 0 Å². The third-order valence-corrected chi connectivity index (χ3v) is 4.73. The molecule has 3 N–H and O–H groups in total. The van der Waals surface area contributed by atoms with Gasteiger partial charge >= 0.3 is 0 Å². The summed E-state index contributed by atoms with van der Waals surface area (Å²) in [6.45, 7) is 4.31. The van der Waals surface area contributed by atoms with Crippen LogP contribution in [0.15, 0.2) is 0 Å². The zero-order valence-electron chi connectivity index (χ0n) is 10.9. The van der Waals surface area contributed by atoms with Crippen molar-refractivity contribution in [1.29, 1.82) is 0 Å². The van der Waals surface area contributed by atoms with Crippen LogP contribution in [0.5, 0.6) is 0 Å². The Morgan fingerprint density at radius 1 is 1.44 bits per heavy atom. The van der Waals surface area contributed by atoms with E-state index in [0.717, 1.165) is 38.8 Å². The van der Waals surface area contributed by atoms with Crippen LogP contribution in [0.25, 0.3) is 0 Å². The molecule has 0 saturated carbocycles. The SMILES string of the molecule is CCCCS(=O)(=O)NC1CCN(CC(N)=S)CC1. The van der Waals surface area contributed by atoms with Crippen LogP contribution < -0.4 is 10.5 Å². The van der Waals surface area contributed by atoms with Gasteiger partial charge in [-0.25, -0.2) is 13.1 Å². The number of unbranched alkanes of at least 4 members (excludes halogenated alkanes) is 1. The molecule has 0 aromatic carbocycles. The minimum Gasteiger partial charge on any atom is -0.392 e. The molecule has 5 nitrogen and oxygen atoms in total. The second kappa shape index (κ2) is 7.37. The maximum absolute atomic E-state index is 11.8. The fourth-order valence-corrected chi connectivity index (χ4v) is 3.79. The van der Waals surface area contributed by atoms with Crippen molar-refractivity contribution in [2.24, 2.45) is 5.73 Å². The van der Waals surface area contributed by atoms with Crippen molar-refractivity contribution in [3.8, 4) is 0 Å². The number of nitrogens with one attached hydrogen (secondary N) is 1. The Morgan fingerprint density at radius 2 is 2.06 bits per heavy atom. The Kier molecular flexibility index (Phi) is 6.48. The Bertz CT molecular complexity index is 362. The van der Waals surface area contributed by atoms with Crippen LogP contribution in [0, 0.1) is 0 Å². The number of hydrogen-bond acceptors (Lipinski definition) is 4. The van der Waals surface area contributed by atoms with E-state index >= 15 is 0 Å². The van der Waals surface area contributed by atoms with Crippen LogP contribution in [0.1, 0.15) is 32.6 Å². The molecule has 7 heteroatoms. The molecular formula is C11H23N3O2S2. The van der Waals surface area contributed by atoms with Gasteiger partial charge in [-0.15, -0.1) is 0 Å². The van der Waals surface area contributed by atoms with Gasteiger partial charge in [-0.1, -0.05) is 25.6 Å². The summed E-state index contributed by atoms with van der Waals surface area (Å²) in [5, 5.41) is 0. The zero-order valence-corrected chi connectivity index (χ0v) is 12.5. The van der Waals surface area contributed by atoms with Crippen LogP contribution in [0.2, 0.25) is 0 Å². The number of thiocarbonyl (C=S) groups is 1. The fourth-order valence-electron chi connectivity index (χ4n) is 2.08. The highest BCUT2D eigenvalue weighted by Crippen LogP contribution is 2.11. The molecule has 1 saturated heterocycles. The lowest BCUT2D eigenvalue weighted by Gasteiger charge is -2.31. The molecule has 1 fully saturated rings.